The minimum Gasteiger partial charge on any atom is -0.478 e. The topological polar surface area (TPSA) is 69.2 Å². The SMILES string of the molecule is Cc1nc2c(C(=O)O)cc(-c3ccc(-c4ccccc4CN4CCCCC4)cc3)cc2[nH]1. The van der Waals surface area contributed by atoms with E-state index in [2.05, 4.69) is 63.4 Å². The zero-order valence-electron chi connectivity index (χ0n) is 18.3. The van der Waals surface area contributed by atoms with Crippen molar-refractivity contribution in [2.75, 3.05) is 13.1 Å². The molecule has 4 aromatic rings. The number of carboxylic acids is 1. The van der Waals surface area contributed by atoms with E-state index in [-0.39, 0.29) is 5.56 Å². The molecule has 1 aliphatic heterocycles. The first-order valence-corrected chi connectivity index (χ1v) is 11.2. The standard InChI is InChI=1S/C27H27N3O2/c1-18-28-25-16-22(15-24(27(31)32)26(25)29-18)19-9-11-20(12-10-19)23-8-4-3-7-21(23)17-30-13-5-2-6-14-30/h3-4,7-12,15-16H,2,5-6,13-14,17H2,1H3,(H,28,29)(H,31,32). The number of nitrogens with one attached hydrogen (secondary N) is 1. The highest BCUT2D eigenvalue weighted by atomic mass is 16.4. The van der Waals surface area contributed by atoms with Gasteiger partial charge in [-0.3, -0.25) is 4.90 Å². The van der Waals surface area contributed by atoms with E-state index in [9.17, 15) is 9.90 Å². The molecule has 5 nitrogen and oxygen atoms in total. The third-order valence-electron chi connectivity index (χ3n) is 6.32. The predicted molar refractivity (Wildman–Crippen MR) is 128 cm³/mol. The van der Waals surface area contributed by atoms with Crippen LogP contribution in [0.5, 0.6) is 0 Å². The molecule has 0 atom stereocenters. The summed E-state index contributed by atoms with van der Waals surface area (Å²) in [5, 5.41) is 9.66. The van der Waals surface area contributed by atoms with Gasteiger partial charge in [-0.2, -0.15) is 0 Å². The number of aromatic nitrogens is 2. The summed E-state index contributed by atoms with van der Waals surface area (Å²) in [6.45, 7) is 5.17. The molecule has 0 aliphatic carbocycles. The van der Waals surface area contributed by atoms with Gasteiger partial charge in [0.2, 0.25) is 0 Å². The second kappa shape index (κ2) is 8.60. The molecule has 2 N–H and O–H groups in total. The van der Waals surface area contributed by atoms with Crippen molar-refractivity contribution in [3.8, 4) is 22.3 Å². The van der Waals surface area contributed by atoms with E-state index in [4.69, 9.17) is 0 Å². The molecule has 162 valence electrons. The van der Waals surface area contributed by atoms with Gasteiger partial charge >= 0.3 is 5.97 Å². The second-order valence-corrected chi connectivity index (χ2v) is 8.62. The Balaban J connectivity index is 1.47. The normalized spacial score (nSPS) is 14.7. The Labute approximate surface area is 187 Å². The molecule has 0 unspecified atom stereocenters. The molecule has 1 saturated heterocycles. The van der Waals surface area contributed by atoms with Gasteiger partial charge in [0, 0.05) is 6.54 Å². The van der Waals surface area contributed by atoms with Crippen LogP contribution in [0.15, 0.2) is 60.7 Å². The maximum atomic E-state index is 11.8. The molecule has 1 fully saturated rings. The number of aromatic amines is 1. The molecule has 2 heterocycles. The lowest BCUT2D eigenvalue weighted by molar-refractivity contribution is 0.0699. The summed E-state index contributed by atoms with van der Waals surface area (Å²) in [5.41, 5.74) is 7.11. The number of nitrogens with zero attached hydrogens (tertiary/aromatic N) is 2. The van der Waals surface area contributed by atoms with Crippen molar-refractivity contribution in [3.05, 3.63) is 77.6 Å². The molecule has 5 heteroatoms. The van der Waals surface area contributed by atoms with E-state index >= 15 is 0 Å². The van der Waals surface area contributed by atoms with Gasteiger partial charge in [0.15, 0.2) is 0 Å². The van der Waals surface area contributed by atoms with E-state index in [1.807, 2.05) is 13.0 Å². The molecule has 0 spiro atoms. The van der Waals surface area contributed by atoms with Crippen LogP contribution in [0.3, 0.4) is 0 Å². The average molecular weight is 426 g/mol. The minimum absolute atomic E-state index is 0.220. The Hall–Kier alpha value is -3.44. The molecule has 3 aromatic carbocycles. The van der Waals surface area contributed by atoms with E-state index in [1.165, 1.54) is 49.0 Å². The van der Waals surface area contributed by atoms with Crippen molar-refractivity contribution in [3.63, 3.8) is 0 Å². The van der Waals surface area contributed by atoms with Crippen LogP contribution in [0.4, 0.5) is 0 Å². The van der Waals surface area contributed by atoms with Crippen molar-refractivity contribution in [1.29, 1.82) is 0 Å². The molecule has 0 radical (unpaired) electrons. The van der Waals surface area contributed by atoms with Gasteiger partial charge in [-0.1, -0.05) is 55.0 Å². The molecule has 0 amide bonds. The number of imidazole rings is 1. The van der Waals surface area contributed by atoms with Crippen molar-refractivity contribution >= 4 is 17.0 Å². The smallest absolute Gasteiger partial charge is 0.337 e. The fourth-order valence-electron chi connectivity index (χ4n) is 4.71. The Morgan fingerprint density at radius 3 is 2.44 bits per heavy atom. The predicted octanol–water partition coefficient (Wildman–Crippen LogP) is 5.89. The summed E-state index contributed by atoms with van der Waals surface area (Å²) in [6.07, 6.45) is 3.91. The molecule has 1 aromatic heterocycles. The van der Waals surface area contributed by atoms with Crippen molar-refractivity contribution in [2.45, 2.75) is 32.7 Å². The molecule has 5 rings (SSSR count). The third-order valence-corrected chi connectivity index (χ3v) is 6.32. The highest BCUT2D eigenvalue weighted by molar-refractivity contribution is 6.03. The van der Waals surface area contributed by atoms with Crippen LogP contribution in [0.1, 0.15) is 41.0 Å². The molecular weight excluding hydrogens is 398 g/mol. The summed E-state index contributed by atoms with van der Waals surface area (Å²) in [6, 6.07) is 20.7. The molecule has 0 saturated carbocycles. The van der Waals surface area contributed by atoms with Gasteiger partial charge in [0.25, 0.3) is 0 Å². The van der Waals surface area contributed by atoms with Gasteiger partial charge in [-0.15, -0.1) is 0 Å². The number of hydrogen-bond acceptors (Lipinski definition) is 3. The highest BCUT2D eigenvalue weighted by Gasteiger charge is 2.16. The van der Waals surface area contributed by atoms with Crippen molar-refractivity contribution in [1.82, 2.24) is 14.9 Å². The summed E-state index contributed by atoms with van der Waals surface area (Å²) >= 11 is 0. The number of benzene rings is 3. The number of rotatable bonds is 5. The third kappa shape index (κ3) is 4.04. The fourth-order valence-corrected chi connectivity index (χ4v) is 4.71. The molecule has 32 heavy (non-hydrogen) atoms. The summed E-state index contributed by atoms with van der Waals surface area (Å²) in [5.74, 6) is -0.257. The number of piperidine rings is 1. The monoisotopic (exact) mass is 425 g/mol. The summed E-state index contributed by atoms with van der Waals surface area (Å²) in [4.78, 5) is 21.8. The minimum atomic E-state index is -0.966. The van der Waals surface area contributed by atoms with Crippen LogP contribution in [-0.2, 0) is 6.54 Å². The van der Waals surface area contributed by atoms with Gasteiger partial charge in [-0.25, -0.2) is 9.78 Å². The second-order valence-electron chi connectivity index (χ2n) is 8.62. The number of fused-ring (bicyclic) bond motifs is 1. The van der Waals surface area contributed by atoms with Crippen molar-refractivity contribution in [2.24, 2.45) is 0 Å². The number of hydrogen-bond donors (Lipinski definition) is 2. The van der Waals surface area contributed by atoms with Gasteiger partial charge in [-0.05, 0) is 72.8 Å². The zero-order chi connectivity index (χ0) is 22.1. The Bertz CT molecular complexity index is 1270. The Morgan fingerprint density at radius 1 is 0.969 bits per heavy atom. The number of carbonyl (C=O) groups is 1. The van der Waals surface area contributed by atoms with Crippen LogP contribution in [0.2, 0.25) is 0 Å². The maximum absolute atomic E-state index is 11.8. The average Bonchev–Trinajstić information content (AvgIpc) is 3.19. The Kier molecular flexibility index (Phi) is 5.50. The largest absolute Gasteiger partial charge is 0.478 e. The lowest BCUT2D eigenvalue weighted by atomic mass is 9.95. The van der Waals surface area contributed by atoms with Crippen LogP contribution >= 0.6 is 0 Å². The van der Waals surface area contributed by atoms with Crippen LogP contribution in [0.25, 0.3) is 33.3 Å². The highest BCUT2D eigenvalue weighted by Crippen LogP contribution is 2.31. The lowest BCUT2D eigenvalue weighted by Crippen LogP contribution is -2.29. The number of H-pyrrole nitrogens is 1. The van der Waals surface area contributed by atoms with E-state index in [0.29, 0.717) is 11.3 Å². The molecule has 1 aliphatic rings. The summed E-state index contributed by atoms with van der Waals surface area (Å²) < 4.78 is 0. The quantitative estimate of drug-likeness (QED) is 0.418. The van der Waals surface area contributed by atoms with Crippen LogP contribution < -0.4 is 0 Å². The van der Waals surface area contributed by atoms with Crippen LogP contribution in [0, 0.1) is 6.92 Å². The Morgan fingerprint density at radius 2 is 1.69 bits per heavy atom. The van der Waals surface area contributed by atoms with E-state index < -0.39 is 5.97 Å². The first-order valence-electron chi connectivity index (χ1n) is 11.2. The first kappa shape index (κ1) is 20.5. The molecular formula is C27H27N3O2. The van der Waals surface area contributed by atoms with E-state index in [1.54, 1.807) is 6.07 Å². The zero-order valence-corrected chi connectivity index (χ0v) is 18.3. The maximum Gasteiger partial charge on any atom is 0.337 e. The fraction of sp³-hybridized carbons (Fsp3) is 0.259. The summed E-state index contributed by atoms with van der Waals surface area (Å²) in [7, 11) is 0. The first-order chi connectivity index (χ1) is 15.6. The van der Waals surface area contributed by atoms with Gasteiger partial charge < -0.3 is 10.1 Å². The van der Waals surface area contributed by atoms with Crippen LogP contribution in [-0.4, -0.2) is 39.0 Å². The number of likely N-dealkylation sites (tertiary alicyclic amines) is 1. The van der Waals surface area contributed by atoms with Gasteiger partial charge in [0.1, 0.15) is 11.3 Å². The van der Waals surface area contributed by atoms with E-state index in [0.717, 1.165) is 23.2 Å². The van der Waals surface area contributed by atoms with Crippen molar-refractivity contribution < 1.29 is 9.90 Å². The number of aryl methyl sites for hydroxylation is 1. The number of carboxylic acid groups (broad SMARTS) is 1. The van der Waals surface area contributed by atoms with Gasteiger partial charge in [0.05, 0.1) is 11.1 Å². The molecule has 0 bridgehead atoms. The number of aromatic carboxylic acids is 1. The lowest BCUT2D eigenvalue weighted by Gasteiger charge is -2.27.